The van der Waals surface area contributed by atoms with Gasteiger partial charge in [-0.1, -0.05) is 6.07 Å². The van der Waals surface area contributed by atoms with Gasteiger partial charge in [0.15, 0.2) is 11.5 Å². The number of carbonyl (C=O) groups excluding carboxylic acids is 1. The first-order valence-corrected chi connectivity index (χ1v) is 6.97. The van der Waals surface area contributed by atoms with Crippen molar-refractivity contribution in [2.75, 3.05) is 33.5 Å². The molecule has 0 aliphatic carbocycles. The first kappa shape index (κ1) is 13.2. The van der Waals surface area contributed by atoms with E-state index in [0.717, 1.165) is 36.4 Å². The fraction of sp³-hybridized carbons (Fsp3) is 0.533. The Hall–Kier alpha value is -1.75. The Kier molecular flexibility index (Phi) is 3.78. The Morgan fingerprint density at radius 1 is 1.35 bits per heavy atom. The van der Waals surface area contributed by atoms with Crippen LogP contribution in [0.25, 0.3) is 0 Å². The van der Waals surface area contributed by atoms with Crippen molar-refractivity contribution < 1.29 is 19.0 Å². The van der Waals surface area contributed by atoms with Crippen molar-refractivity contribution >= 4 is 5.91 Å². The second-order valence-electron chi connectivity index (χ2n) is 5.08. The molecule has 108 valence electrons. The largest absolute Gasteiger partial charge is 0.486 e. The molecule has 1 atom stereocenters. The number of hydrogen-bond acceptors (Lipinski definition) is 4. The van der Waals surface area contributed by atoms with Crippen LogP contribution in [0, 0.1) is 0 Å². The smallest absolute Gasteiger partial charge is 0.249 e. The van der Waals surface area contributed by atoms with E-state index >= 15 is 0 Å². The monoisotopic (exact) mass is 277 g/mol. The second-order valence-corrected chi connectivity index (χ2v) is 5.08. The fourth-order valence-electron chi connectivity index (χ4n) is 2.89. The molecule has 0 N–H and O–H groups in total. The molecule has 1 unspecified atom stereocenters. The van der Waals surface area contributed by atoms with Crippen LogP contribution in [-0.2, 0) is 9.53 Å². The standard InChI is InChI=1S/C15H19NO4/c1-18-10-15(17)16-6-2-3-12(16)11-4-5-13-14(9-11)20-8-7-19-13/h4-5,9,12H,2-3,6-8,10H2,1H3. The molecule has 0 spiro atoms. The average Bonchev–Trinajstić information content (AvgIpc) is 2.96. The third-order valence-electron chi connectivity index (χ3n) is 3.79. The van der Waals surface area contributed by atoms with Crippen LogP contribution in [0.1, 0.15) is 24.4 Å². The Morgan fingerprint density at radius 3 is 2.95 bits per heavy atom. The quantitative estimate of drug-likeness (QED) is 0.845. The predicted molar refractivity (Wildman–Crippen MR) is 73.0 cm³/mol. The van der Waals surface area contributed by atoms with Crippen LogP contribution >= 0.6 is 0 Å². The van der Waals surface area contributed by atoms with Crippen molar-refractivity contribution in [1.29, 1.82) is 0 Å². The van der Waals surface area contributed by atoms with E-state index in [9.17, 15) is 4.79 Å². The van der Waals surface area contributed by atoms with Crippen LogP contribution in [0.5, 0.6) is 11.5 Å². The summed E-state index contributed by atoms with van der Waals surface area (Å²) >= 11 is 0. The number of likely N-dealkylation sites (tertiary alicyclic amines) is 1. The molecule has 2 aliphatic heterocycles. The molecule has 1 amide bonds. The molecule has 1 aromatic rings. The van der Waals surface area contributed by atoms with Gasteiger partial charge in [-0.15, -0.1) is 0 Å². The van der Waals surface area contributed by atoms with Crippen LogP contribution in [0.2, 0.25) is 0 Å². The summed E-state index contributed by atoms with van der Waals surface area (Å²) in [5, 5.41) is 0. The zero-order valence-electron chi connectivity index (χ0n) is 11.6. The molecular weight excluding hydrogens is 258 g/mol. The van der Waals surface area contributed by atoms with E-state index in [0.29, 0.717) is 13.2 Å². The number of nitrogens with zero attached hydrogens (tertiary/aromatic N) is 1. The maximum atomic E-state index is 12.1. The fourth-order valence-corrected chi connectivity index (χ4v) is 2.89. The average molecular weight is 277 g/mol. The molecule has 0 aromatic heterocycles. The van der Waals surface area contributed by atoms with E-state index in [-0.39, 0.29) is 18.6 Å². The molecule has 2 aliphatic rings. The number of rotatable bonds is 3. The molecule has 3 rings (SSSR count). The summed E-state index contributed by atoms with van der Waals surface area (Å²) in [6, 6.07) is 6.07. The maximum absolute atomic E-state index is 12.1. The van der Waals surface area contributed by atoms with Crippen LogP contribution in [-0.4, -0.2) is 44.3 Å². The Balaban J connectivity index is 1.82. The molecule has 5 nitrogen and oxygen atoms in total. The van der Waals surface area contributed by atoms with Gasteiger partial charge in [-0.3, -0.25) is 4.79 Å². The Labute approximate surface area is 118 Å². The van der Waals surface area contributed by atoms with Gasteiger partial charge in [0, 0.05) is 13.7 Å². The number of benzene rings is 1. The van der Waals surface area contributed by atoms with E-state index in [1.54, 1.807) is 7.11 Å². The zero-order chi connectivity index (χ0) is 13.9. The topological polar surface area (TPSA) is 48.0 Å². The maximum Gasteiger partial charge on any atom is 0.249 e. The Bertz CT molecular complexity index is 503. The summed E-state index contributed by atoms with van der Waals surface area (Å²) in [7, 11) is 1.55. The summed E-state index contributed by atoms with van der Waals surface area (Å²) in [5.41, 5.74) is 1.11. The van der Waals surface area contributed by atoms with E-state index in [2.05, 4.69) is 0 Å². The van der Waals surface area contributed by atoms with Gasteiger partial charge in [-0.05, 0) is 30.5 Å². The number of fused-ring (bicyclic) bond motifs is 1. The lowest BCUT2D eigenvalue weighted by atomic mass is 10.0. The van der Waals surface area contributed by atoms with Gasteiger partial charge in [0.1, 0.15) is 19.8 Å². The highest BCUT2D eigenvalue weighted by atomic mass is 16.6. The van der Waals surface area contributed by atoms with Crippen molar-refractivity contribution in [3.8, 4) is 11.5 Å². The molecule has 2 heterocycles. The van der Waals surface area contributed by atoms with Gasteiger partial charge in [0.25, 0.3) is 0 Å². The van der Waals surface area contributed by atoms with Crippen LogP contribution < -0.4 is 9.47 Å². The van der Waals surface area contributed by atoms with Crippen LogP contribution in [0.15, 0.2) is 18.2 Å². The van der Waals surface area contributed by atoms with E-state index in [4.69, 9.17) is 14.2 Å². The molecule has 0 saturated carbocycles. The summed E-state index contributed by atoms with van der Waals surface area (Å²) in [4.78, 5) is 14.0. The lowest BCUT2D eigenvalue weighted by Crippen LogP contribution is -2.33. The number of ether oxygens (including phenoxy) is 3. The molecule has 0 bridgehead atoms. The highest BCUT2D eigenvalue weighted by molar-refractivity contribution is 5.78. The minimum Gasteiger partial charge on any atom is -0.486 e. The summed E-state index contributed by atoms with van der Waals surface area (Å²) < 4.78 is 16.1. The lowest BCUT2D eigenvalue weighted by molar-refractivity contribution is -0.136. The molecule has 0 radical (unpaired) electrons. The van der Waals surface area contributed by atoms with Gasteiger partial charge in [-0.25, -0.2) is 0 Å². The SMILES string of the molecule is COCC(=O)N1CCCC1c1ccc2c(c1)OCCO2. The third-order valence-corrected chi connectivity index (χ3v) is 3.79. The minimum absolute atomic E-state index is 0.0462. The van der Waals surface area contributed by atoms with Gasteiger partial charge in [0.05, 0.1) is 6.04 Å². The number of methoxy groups -OCH3 is 1. The highest BCUT2D eigenvalue weighted by Gasteiger charge is 2.30. The van der Waals surface area contributed by atoms with Gasteiger partial charge in [0.2, 0.25) is 5.91 Å². The van der Waals surface area contributed by atoms with Gasteiger partial charge >= 0.3 is 0 Å². The van der Waals surface area contributed by atoms with Crippen molar-refractivity contribution in [3.63, 3.8) is 0 Å². The van der Waals surface area contributed by atoms with E-state index in [1.807, 2.05) is 23.1 Å². The predicted octanol–water partition coefficient (Wildman–Crippen LogP) is 1.77. The molecule has 5 heteroatoms. The van der Waals surface area contributed by atoms with Gasteiger partial charge < -0.3 is 19.1 Å². The normalized spacial score (nSPS) is 21.1. The van der Waals surface area contributed by atoms with E-state index in [1.165, 1.54) is 0 Å². The number of amides is 1. The number of carbonyl (C=O) groups is 1. The number of hydrogen-bond donors (Lipinski definition) is 0. The zero-order valence-corrected chi connectivity index (χ0v) is 11.6. The van der Waals surface area contributed by atoms with Crippen molar-refractivity contribution in [2.45, 2.75) is 18.9 Å². The third kappa shape index (κ3) is 2.45. The van der Waals surface area contributed by atoms with E-state index < -0.39 is 0 Å². The highest BCUT2D eigenvalue weighted by Crippen LogP contribution is 2.38. The molecular formula is C15H19NO4. The first-order chi connectivity index (χ1) is 9.79. The second kappa shape index (κ2) is 5.71. The Morgan fingerprint density at radius 2 is 2.15 bits per heavy atom. The molecule has 1 aromatic carbocycles. The summed E-state index contributed by atoms with van der Waals surface area (Å²) in [6.07, 6.45) is 2.00. The summed E-state index contributed by atoms with van der Waals surface area (Å²) in [5.74, 6) is 1.61. The lowest BCUT2D eigenvalue weighted by Gasteiger charge is -2.26. The summed E-state index contributed by atoms with van der Waals surface area (Å²) in [6.45, 7) is 2.10. The van der Waals surface area contributed by atoms with Crippen LogP contribution in [0.3, 0.4) is 0 Å². The van der Waals surface area contributed by atoms with Crippen molar-refractivity contribution in [2.24, 2.45) is 0 Å². The minimum atomic E-state index is 0.0462. The first-order valence-electron chi connectivity index (χ1n) is 6.97. The molecule has 1 saturated heterocycles. The van der Waals surface area contributed by atoms with Crippen molar-refractivity contribution in [1.82, 2.24) is 4.90 Å². The molecule has 1 fully saturated rings. The molecule has 20 heavy (non-hydrogen) atoms. The van der Waals surface area contributed by atoms with Crippen LogP contribution in [0.4, 0.5) is 0 Å². The van der Waals surface area contributed by atoms with Gasteiger partial charge in [-0.2, -0.15) is 0 Å². The van der Waals surface area contributed by atoms with Crippen molar-refractivity contribution in [3.05, 3.63) is 23.8 Å².